The predicted molar refractivity (Wildman–Crippen MR) is 65.5 cm³/mol. The normalized spacial score (nSPS) is 20.0. The van der Waals surface area contributed by atoms with E-state index < -0.39 is 0 Å². The molecule has 1 heterocycles. The number of hydrogen-bond donors (Lipinski definition) is 1. The molecule has 92 valence electrons. The molecule has 17 heavy (non-hydrogen) atoms. The molecule has 2 rings (SSSR count). The van der Waals surface area contributed by atoms with Crippen molar-refractivity contribution in [1.29, 1.82) is 0 Å². The van der Waals surface area contributed by atoms with E-state index in [4.69, 9.17) is 0 Å². The molecule has 1 aliphatic heterocycles. The van der Waals surface area contributed by atoms with Crippen LogP contribution in [0.15, 0.2) is 24.3 Å². The fourth-order valence-corrected chi connectivity index (χ4v) is 2.09. The van der Waals surface area contributed by atoms with E-state index in [9.17, 15) is 9.18 Å². The maximum atomic E-state index is 13.1. The first-order chi connectivity index (χ1) is 8.22. The number of carbonyl (C=O) groups excluding carboxylic acids is 1. The van der Waals surface area contributed by atoms with Gasteiger partial charge in [0.25, 0.3) is 0 Å². The first-order valence-electron chi connectivity index (χ1n) is 6.02. The van der Waals surface area contributed by atoms with Crippen LogP contribution in [0.3, 0.4) is 0 Å². The number of hydrogen-bond acceptors (Lipinski definition) is 2. The summed E-state index contributed by atoms with van der Waals surface area (Å²) >= 11 is 0. The summed E-state index contributed by atoms with van der Waals surface area (Å²) in [6.07, 6.45) is 1.79. The third kappa shape index (κ3) is 2.64. The number of carbonyl (C=O) groups is 1. The summed E-state index contributed by atoms with van der Waals surface area (Å²) in [4.78, 5) is 13.7. The minimum Gasteiger partial charge on any atom is -0.311 e. The zero-order chi connectivity index (χ0) is 12.3. The Labute approximate surface area is 101 Å². The summed E-state index contributed by atoms with van der Waals surface area (Å²) in [5.74, 6) is -0.260. The number of rotatable bonds is 4. The molecule has 0 aromatic heterocycles. The number of anilines is 1. The standard InChI is InChI=1S/C13H17FN2O/c1-2-7-15-12-6-8-16(13(12)17)11-5-3-4-10(14)9-11/h3-5,9,12,15H,2,6-8H2,1H3. The van der Waals surface area contributed by atoms with Crippen LogP contribution in [0.1, 0.15) is 19.8 Å². The second-order valence-electron chi connectivity index (χ2n) is 4.27. The van der Waals surface area contributed by atoms with E-state index in [2.05, 4.69) is 12.2 Å². The highest BCUT2D eigenvalue weighted by Crippen LogP contribution is 2.22. The molecule has 1 aromatic rings. The smallest absolute Gasteiger partial charge is 0.244 e. The van der Waals surface area contributed by atoms with Crippen LogP contribution in [0, 0.1) is 5.82 Å². The van der Waals surface area contributed by atoms with Crippen LogP contribution in [0.25, 0.3) is 0 Å². The van der Waals surface area contributed by atoms with Gasteiger partial charge in [-0.3, -0.25) is 4.79 Å². The molecule has 1 fully saturated rings. The van der Waals surface area contributed by atoms with Gasteiger partial charge in [-0.05, 0) is 37.6 Å². The van der Waals surface area contributed by atoms with Gasteiger partial charge in [-0.15, -0.1) is 0 Å². The van der Waals surface area contributed by atoms with E-state index in [1.54, 1.807) is 17.0 Å². The van der Waals surface area contributed by atoms with E-state index in [0.717, 1.165) is 19.4 Å². The maximum Gasteiger partial charge on any atom is 0.244 e. The lowest BCUT2D eigenvalue weighted by Gasteiger charge is -2.17. The lowest BCUT2D eigenvalue weighted by atomic mass is 10.2. The summed E-state index contributed by atoms with van der Waals surface area (Å²) in [6, 6.07) is 6.07. The van der Waals surface area contributed by atoms with Crippen molar-refractivity contribution in [2.45, 2.75) is 25.8 Å². The average Bonchev–Trinajstić information content (AvgIpc) is 2.68. The number of amides is 1. The van der Waals surface area contributed by atoms with Crippen LogP contribution in [0.5, 0.6) is 0 Å². The Morgan fingerprint density at radius 1 is 1.53 bits per heavy atom. The van der Waals surface area contributed by atoms with Gasteiger partial charge in [-0.1, -0.05) is 13.0 Å². The molecule has 1 amide bonds. The van der Waals surface area contributed by atoms with Crippen molar-refractivity contribution in [3.8, 4) is 0 Å². The second kappa shape index (κ2) is 5.27. The molecule has 0 saturated carbocycles. The number of nitrogens with zero attached hydrogens (tertiary/aromatic N) is 1. The average molecular weight is 236 g/mol. The molecule has 1 aliphatic rings. The summed E-state index contributed by atoms with van der Waals surface area (Å²) in [7, 11) is 0. The summed E-state index contributed by atoms with van der Waals surface area (Å²) in [5.41, 5.74) is 0.649. The molecular formula is C13H17FN2O. The Morgan fingerprint density at radius 3 is 3.06 bits per heavy atom. The Morgan fingerprint density at radius 2 is 2.35 bits per heavy atom. The van der Waals surface area contributed by atoms with Gasteiger partial charge in [-0.25, -0.2) is 4.39 Å². The minimum atomic E-state index is -0.305. The molecule has 3 nitrogen and oxygen atoms in total. The topological polar surface area (TPSA) is 32.3 Å². The minimum absolute atomic E-state index is 0.0454. The van der Waals surface area contributed by atoms with Gasteiger partial charge in [0.15, 0.2) is 0 Å². The molecule has 4 heteroatoms. The molecule has 1 aromatic carbocycles. The van der Waals surface area contributed by atoms with Crippen molar-refractivity contribution in [2.24, 2.45) is 0 Å². The van der Waals surface area contributed by atoms with Crippen LogP contribution in [-0.4, -0.2) is 25.0 Å². The van der Waals surface area contributed by atoms with Crippen LogP contribution in [0.4, 0.5) is 10.1 Å². The van der Waals surface area contributed by atoms with Crippen LogP contribution < -0.4 is 10.2 Å². The fourth-order valence-electron chi connectivity index (χ4n) is 2.09. The van der Waals surface area contributed by atoms with Crippen molar-refractivity contribution in [1.82, 2.24) is 5.32 Å². The van der Waals surface area contributed by atoms with Crippen LogP contribution >= 0.6 is 0 Å². The molecule has 0 aliphatic carbocycles. The van der Waals surface area contributed by atoms with Crippen LogP contribution in [-0.2, 0) is 4.79 Å². The van der Waals surface area contributed by atoms with E-state index in [-0.39, 0.29) is 17.8 Å². The van der Waals surface area contributed by atoms with Crippen molar-refractivity contribution in [3.63, 3.8) is 0 Å². The molecule has 1 saturated heterocycles. The van der Waals surface area contributed by atoms with Gasteiger partial charge in [0, 0.05) is 12.2 Å². The summed E-state index contributed by atoms with van der Waals surface area (Å²) in [6.45, 7) is 3.56. The molecule has 1 unspecified atom stereocenters. The van der Waals surface area contributed by atoms with Gasteiger partial charge < -0.3 is 10.2 Å². The Balaban J connectivity index is 2.07. The lowest BCUT2D eigenvalue weighted by molar-refractivity contribution is -0.118. The fraction of sp³-hybridized carbons (Fsp3) is 0.462. The van der Waals surface area contributed by atoms with Crippen LogP contribution in [0.2, 0.25) is 0 Å². The van der Waals surface area contributed by atoms with Gasteiger partial charge in [0.2, 0.25) is 5.91 Å². The van der Waals surface area contributed by atoms with Crippen molar-refractivity contribution in [2.75, 3.05) is 18.0 Å². The van der Waals surface area contributed by atoms with Crippen molar-refractivity contribution in [3.05, 3.63) is 30.1 Å². The molecule has 1 atom stereocenters. The number of benzene rings is 1. The number of halogens is 1. The Kier molecular flexibility index (Phi) is 3.74. The van der Waals surface area contributed by atoms with Crippen molar-refractivity contribution >= 4 is 11.6 Å². The predicted octanol–water partition coefficient (Wildman–Crippen LogP) is 1.93. The summed E-state index contributed by atoms with van der Waals surface area (Å²) in [5, 5.41) is 3.21. The Hall–Kier alpha value is -1.42. The van der Waals surface area contributed by atoms with E-state index in [1.807, 2.05) is 0 Å². The highest BCUT2D eigenvalue weighted by atomic mass is 19.1. The van der Waals surface area contributed by atoms with Crippen molar-refractivity contribution < 1.29 is 9.18 Å². The highest BCUT2D eigenvalue weighted by Gasteiger charge is 2.31. The molecule has 0 bridgehead atoms. The van der Waals surface area contributed by atoms with Gasteiger partial charge >= 0.3 is 0 Å². The summed E-state index contributed by atoms with van der Waals surface area (Å²) < 4.78 is 13.1. The SMILES string of the molecule is CCCNC1CCN(c2cccc(F)c2)C1=O. The van der Waals surface area contributed by atoms with E-state index >= 15 is 0 Å². The molecule has 0 spiro atoms. The molecular weight excluding hydrogens is 219 g/mol. The quantitative estimate of drug-likeness (QED) is 0.866. The monoisotopic (exact) mass is 236 g/mol. The zero-order valence-electron chi connectivity index (χ0n) is 9.95. The number of nitrogens with one attached hydrogen (secondary N) is 1. The zero-order valence-corrected chi connectivity index (χ0v) is 9.95. The van der Waals surface area contributed by atoms with Gasteiger partial charge in [-0.2, -0.15) is 0 Å². The third-order valence-corrected chi connectivity index (χ3v) is 2.97. The van der Waals surface area contributed by atoms with E-state index in [0.29, 0.717) is 12.2 Å². The first-order valence-corrected chi connectivity index (χ1v) is 6.02. The first kappa shape index (κ1) is 12.0. The molecule has 0 radical (unpaired) electrons. The molecule has 1 N–H and O–H groups in total. The van der Waals surface area contributed by atoms with E-state index in [1.165, 1.54) is 12.1 Å². The largest absolute Gasteiger partial charge is 0.311 e. The van der Waals surface area contributed by atoms with Gasteiger partial charge in [0.05, 0.1) is 6.04 Å². The van der Waals surface area contributed by atoms with Gasteiger partial charge in [0.1, 0.15) is 5.82 Å². The third-order valence-electron chi connectivity index (χ3n) is 2.97. The maximum absolute atomic E-state index is 13.1. The second-order valence-corrected chi connectivity index (χ2v) is 4.27. The highest BCUT2D eigenvalue weighted by molar-refractivity contribution is 5.99. The Bertz CT molecular complexity index is 408. The lowest BCUT2D eigenvalue weighted by Crippen LogP contribution is -2.38.